The smallest absolute Gasteiger partial charge is 0.227 e. The van der Waals surface area contributed by atoms with Gasteiger partial charge in [-0.05, 0) is 93.6 Å². The van der Waals surface area contributed by atoms with Crippen molar-refractivity contribution in [1.29, 1.82) is 0 Å². The van der Waals surface area contributed by atoms with Crippen molar-refractivity contribution < 1.29 is 13.2 Å². The van der Waals surface area contributed by atoms with Crippen LogP contribution < -0.4 is 10.0 Å². The Bertz CT molecular complexity index is 972. The van der Waals surface area contributed by atoms with Gasteiger partial charge in [0.15, 0.2) is 0 Å². The van der Waals surface area contributed by atoms with Gasteiger partial charge in [0.1, 0.15) is 0 Å². The standard InChI is InChI=1S/C22H30N2O3S2/c1-14(2)29(26,27)24-19-8-5-17(6-9-19)22(25)23-20-10-7-18(12-16(20)4)21-11-15(3)13-28-21/h7,10-14,17,19,24H,5-6,8-9H2,1-4H3,(H,23,25). The molecule has 1 aliphatic rings. The zero-order chi connectivity index (χ0) is 21.2. The number of aryl methyl sites for hydroxylation is 2. The monoisotopic (exact) mass is 434 g/mol. The van der Waals surface area contributed by atoms with E-state index in [2.05, 4.69) is 34.5 Å². The Kier molecular flexibility index (Phi) is 6.81. The summed E-state index contributed by atoms with van der Waals surface area (Å²) in [6.07, 6.45) is 2.78. The maximum Gasteiger partial charge on any atom is 0.227 e. The Hall–Kier alpha value is -1.70. The quantitative estimate of drug-likeness (QED) is 0.682. The highest BCUT2D eigenvalue weighted by Gasteiger charge is 2.29. The van der Waals surface area contributed by atoms with Gasteiger partial charge in [-0.3, -0.25) is 4.79 Å². The number of benzene rings is 1. The van der Waals surface area contributed by atoms with E-state index in [-0.39, 0.29) is 17.9 Å². The molecule has 29 heavy (non-hydrogen) atoms. The Morgan fingerprint density at radius 2 is 1.79 bits per heavy atom. The van der Waals surface area contributed by atoms with Crippen molar-refractivity contribution >= 4 is 33.0 Å². The summed E-state index contributed by atoms with van der Waals surface area (Å²) in [5, 5.41) is 4.77. The van der Waals surface area contributed by atoms with Crippen LogP contribution in [0.5, 0.6) is 0 Å². The molecule has 7 heteroatoms. The average Bonchev–Trinajstić information content (AvgIpc) is 3.10. The van der Waals surface area contributed by atoms with Gasteiger partial charge in [-0.25, -0.2) is 13.1 Å². The first-order valence-electron chi connectivity index (χ1n) is 10.1. The van der Waals surface area contributed by atoms with Crippen LogP contribution in [-0.4, -0.2) is 25.6 Å². The van der Waals surface area contributed by atoms with Crippen molar-refractivity contribution in [2.75, 3.05) is 5.32 Å². The van der Waals surface area contributed by atoms with Crippen molar-refractivity contribution in [3.63, 3.8) is 0 Å². The van der Waals surface area contributed by atoms with E-state index in [0.29, 0.717) is 25.7 Å². The molecule has 0 aliphatic heterocycles. The Morgan fingerprint density at radius 3 is 2.34 bits per heavy atom. The molecule has 1 fully saturated rings. The van der Waals surface area contributed by atoms with Crippen molar-refractivity contribution in [3.8, 4) is 10.4 Å². The lowest BCUT2D eigenvalue weighted by Crippen LogP contribution is -2.42. The first kappa shape index (κ1) is 22.0. The molecule has 5 nitrogen and oxygen atoms in total. The molecule has 0 bridgehead atoms. The minimum absolute atomic E-state index is 0.0259. The maximum atomic E-state index is 12.7. The number of carbonyl (C=O) groups excluding carboxylic acids is 1. The Labute approximate surface area is 178 Å². The molecule has 0 unspecified atom stereocenters. The van der Waals surface area contributed by atoms with E-state index in [1.54, 1.807) is 25.2 Å². The topological polar surface area (TPSA) is 75.3 Å². The highest BCUT2D eigenvalue weighted by molar-refractivity contribution is 7.90. The van der Waals surface area contributed by atoms with Crippen LogP contribution in [0.15, 0.2) is 29.6 Å². The van der Waals surface area contributed by atoms with Crippen molar-refractivity contribution in [2.45, 2.75) is 64.7 Å². The summed E-state index contributed by atoms with van der Waals surface area (Å²) in [4.78, 5) is 14.0. The molecule has 0 atom stereocenters. The SMILES string of the molecule is Cc1csc(-c2ccc(NC(=O)C3CCC(NS(=O)(=O)C(C)C)CC3)c(C)c2)c1. The van der Waals surface area contributed by atoms with Crippen LogP contribution in [-0.2, 0) is 14.8 Å². The van der Waals surface area contributed by atoms with Crippen molar-refractivity contribution in [1.82, 2.24) is 4.72 Å². The molecular formula is C22H30N2O3S2. The van der Waals surface area contributed by atoms with E-state index in [9.17, 15) is 13.2 Å². The number of hydrogen-bond acceptors (Lipinski definition) is 4. The normalized spacial score (nSPS) is 20.0. The molecule has 2 aromatic rings. The predicted molar refractivity (Wildman–Crippen MR) is 121 cm³/mol. The van der Waals surface area contributed by atoms with Crippen molar-refractivity contribution in [3.05, 3.63) is 40.8 Å². The molecule has 158 valence electrons. The number of nitrogens with one attached hydrogen (secondary N) is 2. The summed E-state index contributed by atoms with van der Waals surface area (Å²) >= 11 is 1.72. The van der Waals surface area contributed by atoms with E-state index in [4.69, 9.17) is 0 Å². The fraction of sp³-hybridized carbons (Fsp3) is 0.500. The number of hydrogen-bond donors (Lipinski definition) is 2. The van der Waals surface area contributed by atoms with E-state index < -0.39 is 15.3 Å². The summed E-state index contributed by atoms with van der Waals surface area (Å²) in [7, 11) is -3.26. The second-order valence-electron chi connectivity index (χ2n) is 8.27. The molecule has 1 aliphatic carbocycles. The van der Waals surface area contributed by atoms with Gasteiger partial charge in [-0.2, -0.15) is 0 Å². The second kappa shape index (κ2) is 8.98. The van der Waals surface area contributed by atoms with E-state index in [1.807, 2.05) is 19.1 Å². The van der Waals surface area contributed by atoms with Crippen LogP contribution in [0, 0.1) is 19.8 Å². The minimum Gasteiger partial charge on any atom is -0.326 e. The Balaban J connectivity index is 1.57. The Morgan fingerprint density at radius 1 is 1.10 bits per heavy atom. The van der Waals surface area contributed by atoms with Gasteiger partial charge in [0.05, 0.1) is 5.25 Å². The number of thiophene rings is 1. The third-order valence-electron chi connectivity index (χ3n) is 5.55. The second-order valence-corrected chi connectivity index (χ2v) is 11.4. The first-order valence-corrected chi connectivity index (χ1v) is 12.6. The summed E-state index contributed by atoms with van der Waals surface area (Å²) in [6, 6.07) is 8.23. The molecule has 0 spiro atoms. The van der Waals surface area contributed by atoms with Gasteiger partial charge in [0.25, 0.3) is 0 Å². The summed E-state index contributed by atoms with van der Waals surface area (Å²) in [6.45, 7) is 7.45. The average molecular weight is 435 g/mol. The molecular weight excluding hydrogens is 404 g/mol. The molecule has 2 N–H and O–H groups in total. The molecule has 1 aromatic heterocycles. The van der Waals surface area contributed by atoms with E-state index in [0.717, 1.165) is 16.8 Å². The van der Waals surface area contributed by atoms with Crippen LogP contribution in [0.2, 0.25) is 0 Å². The molecule has 1 heterocycles. The first-order chi connectivity index (χ1) is 13.7. The maximum absolute atomic E-state index is 12.7. The molecule has 1 saturated carbocycles. The fourth-order valence-corrected chi connectivity index (χ4v) is 5.49. The van der Waals surface area contributed by atoms with Crippen LogP contribution in [0.1, 0.15) is 50.7 Å². The van der Waals surface area contributed by atoms with Crippen molar-refractivity contribution in [2.24, 2.45) is 5.92 Å². The highest BCUT2D eigenvalue weighted by atomic mass is 32.2. The minimum atomic E-state index is -3.26. The number of sulfonamides is 1. The number of amides is 1. The van der Waals surface area contributed by atoms with Gasteiger partial charge in [0, 0.05) is 22.5 Å². The lowest BCUT2D eigenvalue weighted by atomic mass is 9.86. The molecule has 1 amide bonds. The number of anilines is 1. The summed E-state index contributed by atoms with van der Waals surface area (Å²) < 4.78 is 26.8. The van der Waals surface area contributed by atoms with Gasteiger partial charge < -0.3 is 5.32 Å². The third-order valence-corrected chi connectivity index (χ3v) is 8.55. The lowest BCUT2D eigenvalue weighted by Gasteiger charge is -2.29. The fourth-order valence-electron chi connectivity index (χ4n) is 3.62. The molecule has 0 saturated heterocycles. The van der Waals surface area contributed by atoms with Crippen LogP contribution in [0.3, 0.4) is 0 Å². The van der Waals surface area contributed by atoms with E-state index >= 15 is 0 Å². The summed E-state index contributed by atoms with van der Waals surface area (Å²) in [5.74, 6) is -0.0492. The van der Waals surface area contributed by atoms with Crippen LogP contribution in [0.4, 0.5) is 5.69 Å². The predicted octanol–water partition coefficient (Wildman–Crippen LogP) is 4.86. The zero-order valence-corrected chi connectivity index (χ0v) is 19.1. The molecule has 1 aromatic carbocycles. The summed E-state index contributed by atoms with van der Waals surface area (Å²) in [5.41, 5.74) is 4.30. The van der Waals surface area contributed by atoms with Gasteiger partial charge >= 0.3 is 0 Å². The largest absolute Gasteiger partial charge is 0.326 e. The third kappa shape index (κ3) is 5.47. The van der Waals surface area contributed by atoms with Crippen LogP contribution >= 0.6 is 11.3 Å². The van der Waals surface area contributed by atoms with Crippen LogP contribution in [0.25, 0.3) is 10.4 Å². The number of carbonyl (C=O) groups is 1. The van der Waals surface area contributed by atoms with Gasteiger partial charge in [0.2, 0.25) is 15.9 Å². The van der Waals surface area contributed by atoms with Gasteiger partial charge in [-0.1, -0.05) is 6.07 Å². The number of rotatable bonds is 6. The van der Waals surface area contributed by atoms with E-state index in [1.165, 1.54) is 10.4 Å². The lowest BCUT2D eigenvalue weighted by molar-refractivity contribution is -0.120. The molecule has 3 rings (SSSR count). The zero-order valence-electron chi connectivity index (χ0n) is 17.5. The highest BCUT2D eigenvalue weighted by Crippen LogP contribution is 2.31. The molecule has 0 radical (unpaired) electrons. The van der Waals surface area contributed by atoms with Gasteiger partial charge in [-0.15, -0.1) is 11.3 Å².